The molecule has 6 heteroatoms. The average molecular weight is 373 g/mol. The zero-order valence-corrected chi connectivity index (χ0v) is 16.2. The van der Waals surface area contributed by atoms with E-state index in [0.29, 0.717) is 31.8 Å². The fraction of sp³-hybridized carbons (Fsp3) is 0.619. The first-order valence-electron chi connectivity index (χ1n) is 10.1. The molecule has 2 aliphatic carbocycles. The van der Waals surface area contributed by atoms with Gasteiger partial charge in [0, 0.05) is 31.6 Å². The van der Waals surface area contributed by atoms with Crippen LogP contribution in [0.4, 0.5) is 0 Å². The second kappa shape index (κ2) is 10.3. The van der Waals surface area contributed by atoms with Gasteiger partial charge in [0.25, 0.3) is 0 Å². The summed E-state index contributed by atoms with van der Waals surface area (Å²) in [5, 5.41) is 9.92. The number of rotatable bonds is 8. The van der Waals surface area contributed by atoms with Crippen LogP contribution in [-0.4, -0.2) is 44.1 Å². The number of hydrogen-bond donors (Lipinski definition) is 3. The van der Waals surface area contributed by atoms with Gasteiger partial charge in [-0.25, -0.2) is 0 Å². The van der Waals surface area contributed by atoms with Gasteiger partial charge in [0.05, 0.1) is 13.2 Å². The predicted octanol–water partition coefficient (Wildman–Crippen LogP) is 2.21. The lowest BCUT2D eigenvalue weighted by molar-refractivity contribution is -0.126. The number of amides is 1. The van der Waals surface area contributed by atoms with Crippen LogP contribution in [0.15, 0.2) is 35.3 Å². The number of hydrogen-bond acceptors (Lipinski definition) is 3. The van der Waals surface area contributed by atoms with E-state index in [2.05, 4.69) is 33.1 Å². The minimum absolute atomic E-state index is 0.129. The molecule has 0 spiro atoms. The van der Waals surface area contributed by atoms with Crippen LogP contribution in [0.3, 0.4) is 0 Å². The number of carbonyl (C=O) groups excluding carboxylic acids is 1. The molecule has 1 amide bonds. The Hall–Kier alpha value is -2.08. The molecule has 2 unspecified atom stereocenters. The van der Waals surface area contributed by atoms with Crippen LogP contribution in [0, 0.1) is 5.92 Å². The SMILES string of the molecule is CN=C(NCCOCc1ccccc1)NC1CCCC(C(=O)NC2CC2)C1. The normalized spacial score (nSPS) is 22.9. The van der Waals surface area contributed by atoms with Crippen molar-refractivity contribution < 1.29 is 9.53 Å². The molecule has 3 rings (SSSR count). The molecule has 1 aromatic carbocycles. The molecule has 3 N–H and O–H groups in total. The van der Waals surface area contributed by atoms with Crippen LogP contribution in [0.1, 0.15) is 44.1 Å². The molecule has 6 nitrogen and oxygen atoms in total. The van der Waals surface area contributed by atoms with E-state index in [9.17, 15) is 4.79 Å². The van der Waals surface area contributed by atoms with Gasteiger partial charge in [0.2, 0.25) is 5.91 Å². The maximum absolute atomic E-state index is 12.3. The zero-order valence-electron chi connectivity index (χ0n) is 16.2. The van der Waals surface area contributed by atoms with Gasteiger partial charge in [-0.3, -0.25) is 9.79 Å². The summed E-state index contributed by atoms with van der Waals surface area (Å²) in [5.41, 5.74) is 1.18. The van der Waals surface area contributed by atoms with Crippen LogP contribution in [0.2, 0.25) is 0 Å². The molecule has 148 valence electrons. The Morgan fingerprint density at radius 1 is 1.11 bits per heavy atom. The molecule has 0 aliphatic heterocycles. The standard InChI is InChI=1S/C21H32N4O2/c1-22-21(23-12-13-27-15-16-6-3-2-4-7-16)25-19-9-5-8-17(14-19)20(26)24-18-10-11-18/h2-4,6-7,17-19H,5,8-15H2,1H3,(H,24,26)(H2,22,23,25). The van der Waals surface area contributed by atoms with E-state index in [-0.39, 0.29) is 11.8 Å². The van der Waals surface area contributed by atoms with E-state index >= 15 is 0 Å². The fourth-order valence-electron chi connectivity index (χ4n) is 3.50. The molecule has 27 heavy (non-hydrogen) atoms. The van der Waals surface area contributed by atoms with Crippen LogP contribution < -0.4 is 16.0 Å². The molecule has 2 saturated carbocycles. The maximum Gasteiger partial charge on any atom is 0.223 e. The first kappa shape index (κ1) is 19.7. The molecule has 1 aromatic rings. The van der Waals surface area contributed by atoms with Crippen LogP contribution in [0.25, 0.3) is 0 Å². The lowest BCUT2D eigenvalue weighted by Crippen LogP contribution is -2.47. The van der Waals surface area contributed by atoms with Crippen molar-refractivity contribution in [2.75, 3.05) is 20.2 Å². The molecular formula is C21H32N4O2. The van der Waals surface area contributed by atoms with E-state index in [1.807, 2.05) is 18.2 Å². The van der Waals surface area contributed by atoms with Gasteiger partial charge in [-0.1, -0.05) is 36.8 Å². The zero-order chi connectivity index (χ0) is 18.9. The Morgan fingerprint density at radius 2 is 1.93 bits per heavy atom. The number of nitrogens with one attached hydrogen (secondary N) is 3. The minimum atomic E-state index is 0.129. The third kappa shape index (κ3) is 6.86. The predicted molar refractivity (Wildman–Crippen MR) is 108 cm³/mol. The van der Waals surface area contributed by atoms with Crippen molar-refractivity contribution in [3.05, 3.63) is 35.9 Å². The van der Waals surface area contributed by atoms with Crippen molar-refractivity contribution in [3.63, 3.8) is 0 Å². The van der Waals surface area contributed by atoms with Crippen LogP contribution >= 0.6 is 0 Å². The number of aliphatic imine (C=N–C) groups is 1. The molecule has 0 aromatic heterocycles. The molecule has 0 bridgehead atoms. The Labute approximate surface area is 162 Å². The Kier molecular flexibility index (Phi) is 7.51. The lowest BCUT2D eigenvalue weighted by atomic mass is 9.85. The molecule has 2 atom stereocenters. The van der Waals surface area contributed by atoms with Gasteiger partial charge in [0.15, 0.2) is 5.96 Å². The molecule has 0 saturated heterocycles. The quantitative estimate of drug-likeness (QED) is 0.372. The van der Waals surface area contributed by atoms with E-state index < -0.39 is 0 Å². The highest BCUT2D eigenvalue weighted by atomic mass is 16.5. The van der Waals surface area contributed by atoms with Gasteiger partial charge in [-0.2, -0.15) is 0 Å². The molecule has 2 fully saturated rings. The fourth-order valence-corrected chi connectivity index (χ4v) is 3.50. The van der Waals surface area contributed by atoms with Gasteiger partial charge in [-0.05, 0) is 37.7 Å². The number of ether oxygens (including phenoxy) is 1. The first-order chi connectivity index (χ1) is 13.2. The summed E-state index contributed by atoms with van der Waals surface area (Å²) in [6.45, 7) is 1.94. The number of guanidine groups is 1. The number of benzene rings is 1. The summed E-state index contributed by atoms with van der Waals surface area (Å²) in [4.78, 5) is 16.6. The Morgan fingerprint density at radius 3 is 2.67 bits per heavy atom. The van der Waals surface area contributed by atoms with Crippen molar-refractivity contribution in [3.8, 4) is 0 Å². The molecule has 0 radical (unpaired) electrons. The molecular weight excluding hydrogens is 340 g/mol. The lowest BCUT2D eigenvalue weighted by Gasteiger charge is -2.30. The highest BCUT2D eigenvalue weighted by molar-refractivity contribution is 5.81. The highest BCUT2D eigenvalue weighted by Crippen LogP contribution is 2.26. The van der Waals surface area contributed by atoms with E-state index in [1.165, 1.54) is 5.56 Å². The smallest absolute Gasteiger partial charge is 0.223 e. The van der Waals surface area contributed by atoms with Gasteiger partial charge >= 0.3 is 0 Å². The van der Waals surface area contributed by atoms with Gasteiger partial charge < -0.3 is 20.7 Å². The van der Waals surface area contributed by atoms with E-state index in [4.69, 9.17) is 4.74 Å². The number of nitrogens with zero attached hydrogens (tertiary/aromatic N) is 1. The van der Waals surface area contributed by atoms with Crippen molar-refractivity contribution in [2.24, 2.45) is 10.9 Å². The van der Waals surface area contributed by atoms with Gasteiger partial charge in [0.1, 0.15) is 0 Å². The Bertz CT molecular complexity index is 616. The summed E-state index contributed by atoms with van der Waals surface area (Å²) in [6.07, 6.45) is 6.32. The highest BCUT2D eigenvalue weighted by Gasteiger charge is 2.31. The Balaban J connectivity index is 1.33. The summed E-state index contributed by atoms with van der Waals surface area (Å²) in [5.74, 6) is 1.15. The first-order valence-corrected chi connectivity index (χ1v) is 10.1. The van der Waals surface area contributed by atoms with Crippen molar-refractivity contribution in [1.29, 1.82) is 0 Å². The molecule has 0 heterocycles. The van der Waals surface area contributed by atoms with E-state index in [0.717, 1.165) is 44.5 Å². The summed E-state index contributed by atoms with van der Waals surface area (Å²) < 4.78 is 5.70. The third-order valence-electron chi connectivity index (χ3n) is 5.18. The number of carbonyl (C=O) groups is 1. The minimum Gasteiger partial charge on any atom is -0.375 e. The van der Waals surface area contributed by atoms with Gasteiger partial charge in [-0.15, -0.1) is 0 Å². The van der Waals surface area contributed by atoms with Crippen molar-refractivity contribution in [2.45, 2.75) is 57.2 Å². The van der Waals surface area contributed by atoms with Crippen LogP contribution in [0.5, 0.6) is 0 Å². The summed E-state index contributed by atoms with van der Waals surface area (Å²) in [6, 6.07) is 10.9. The van der Waals surface area contributed by atoms with E-state index in [1.54, 1.807) is 7.05 Å². The monoisotopic (exact) mass is 372 g/mol. The van der Waals surface area contributed by atoms with Crippen molar-refractivity contribution in [1.82, 2.24) is 16.0 Å². The summed E-state index contributed by atoms with van der Waals surface area (Å²) in [7, 11) is 1.78. The second-order valence-electron chi connectivity index (χ2n) is 7.52. The maximum atomic E-state index is 12.3. The largest absolute Gasteiger partial charge is 0.375 e. The van der Waals surface area contributed by atoms with Crippen LogP contribution in [-0.2, 0) is 16.1 Å². The van der Waals surface area contributed by atoms with Crippen molar-refractivity contribution >= 4 is 11.9 Å². The average Bonchev–Trinajstić information content (AvgIpc) is 3.52. The molecule has 2 aliphatic rings. The second-order valence-corrected chi connectivity index (χ2v) is 7.52. The third-order valence-corrected chi connectivity index (χ3v) is 5.18. The topological polar surface area (TPSA) is 74.8 Å². The summed E-state index contributed by atoms with van der Waals surface area (Å²) >= 11 is 0.